The zero-order chi connectivity index (χ0) is 13.8. The molecule has 1 aromatic carbocycles. The van der Waals surface area contributed by atoms with Gasteiger partial charge in [-0.05, 0) is 41.5 Å². The predicted octanol–water partition coefficient (Wildman–Crippen LogP) is 1.32. The van der Waals surface area contributed by atoms with E-state index in [0.29, 0.717) is 23.6 Å². The Bertz CT molecular complexity index is 553. The van der Waals surface area contributed by atoms with Crippen molar-refractivity contribution >= 4 is 23.9 Å². The Hall–Kier alpha value is -1.50. The molecule has 0 fully saturated rings. The van der Waals surface area contributed by atoms with Gasteiger partial charge in [-0.25, -0.2) is 0 Å². The Labute approximate surface area is 116 Å². The molecule has 100 valence electrons. The lowest BCUT2D eigenvalue weighted by molar-refractivity contribution is 0.287. The number of benzene rings is 1. The minimum atomic E-state index is -1.43. The number of thiophene rings is 1. The van der Waals surface area contributed by atoms with E-state index < -0.39 is 7.12 Å². The Kier molecular flexibility index (Phi) is 4.47. The van der Waals surface area contributed by atoms with E-state index in [4.69, 9.17) is 19.5 Å². The average Bonchev–Trinajstić information content (AvgIpc) is 2.86. The van der Waals surface area contributed by atoms with Gasteiger partial charge in [0.15, 0.2) is 11.5 Å². The minimum Gasteiger partial charge on any atom is -0.493 e. The van der Waals surface area contributed by atoms with Gasteiger partial charge in [0.1, 0.15) is 6.61 Å². The summed E-state index contributed by atoms with van der Waals surface area (Å²) in [6, 6.07) is 7.45. The molecule has 0 radical (unpaired) electrons. The van der Waals surface area contributed by atoms with Gasteiger partial charge < -0.3 is 19.5 Å². The van der Waals surface area contributed by atoms with Crippen LogP contribution in [0.4, 0.5) is 0 Å². The molecule has 0 saturated carbocycles. The monoisotopic (exact) mass is 278 g/mol. The van der Waals surface area contributed by atoms with E-state index in [0.717, 1.165) is 10.4 Å². The number of hydrogen-bond donors (Lipinski definition) is 2. The molecule has 0 aliphatic carbocycles. The largest absolute Gasteiger partial charge is 0.493 e. The number of methoxy groups -OCH3 is 1. The fraction of sp³-hybridized carbons (Fsp3) is 0.231. The molecule has 2 N–H and O–H groups in total. The van der Waals surface area contributed by atoms with Crippen molar-refractivity contribution < 1.29 is 19.5 Å². The van der Waals surface area contributed by atoms with Gasteiger partial charge in [0.2, 0.25) is 0 Å². The summed E-state index contributed by atoms with van der Waals surface area (Å²) >= 11 is 1.43. The first-order valence-corrected chi connectivity index (χ1v) is 6.69. The topological polar surface area (TPSA) is 58.9 Å². The van der Waals surface area contributed by atoms with E-state index in [1.54, 1.807) is 18.6 Å². The SMILES string of the molecule is COc1cc(C)ccc1OCc1cc(B(O)O)cs1. The van der Waals surface area contributed by atoms with Crippen molar-refractivity contribution in [3.05, 3.63) is 40.1 Å². The van der Waals surface area contributed by atoms with Gasteiger partial charge in [0.05, 0.1) is 7.11 Å². The summed E-state index contributed by atoms with van der Waals surface area (Å²) in [4.78, 5) is 0.922. The Balaban J connectivity index is 2.05. The molecule has 1 heterocycles. The van der Waals surface area contributed by atoms with Crippen LogP contribution >= 0.6 is 11.3 Å². The quantitative estimate of drug-likeness (QED) is 0.810. The second-order valence-electron chi connectivity index (χ2n) is 4.16. The molecule has 6 heteroatoms. The molecule has 0 aliphatic heterocycles. The van der Waals surface area contributed by atoms with Gasteiger partial charge >= 0.3 is 7.12 Å². The zero-order valence-electron chi connectivity index (χ0n) is 10.8. The summed E-state index contributed by atoms with van der Waals surface area (Å²) in [6.07, 6.45) is 0. The molecule has 0 unspecified atom stereocenters. The van der Waals surface area contributed by atoms with E-state index in [9.17, 15) is 0 Å². The molecular formula is C13H15BO4S. The van der Waals surface area contributed by atoms with Crippen LogP contribution in [0.1, 0.15) is 10.4 Å². The van der Waals surface area contributed by atoms with Crippen LogP contribution in [0.5, 0.6) is 11.5 Å². The summed E-state index contributed by atoms with van der Waals surface area (Å²) in [5, 5.41) is 19.8. The number of ether oxygens (including phenoxy) is 2. The summed E-state index contributed by atoms with van der Waals surface area (Å²) < 4.78 is 10.9. The van der Waals surface area contributed by atoms with Crippen molar-refractivity contribution in [1.29, 1.82) is 0 Å². The average molecular weight is 278 g/mol. The lowest BCUT2D eigenvalue weighted by Crippen LogP contribution is -2.27. The molecular weight excluding hydrogens is 263 g/mol. The van der Waals surface area contributed by atoms with Crippen molar-refractivity contribution in [2.75, 3.05) is 7.11 Å². The second-order valence-corrected chi connectivity index (χ2v) is 5.16. The zero-order valence-corrected chi connectivity index (χ0v) is 11.6. The van der Waals surface area contributed by atoms with E-state index in [1.165, 1.54) is 11.3 Å². The summed E-state index contributed by atoms with van der Waals surface area (Å²) in [7, 11) is 0.173. The van der Waals surface area contributed by atoms with Crippen LogP contribution in [0, 0.1) is 6.92 Å². The maximum Gasteiger partial charge on any atom is 0.489 e. The van der Waals surface area contributed by atoms with E-state index in [1.807, 2.05) is 25.1 Å². The van der Waals surface area contributed by atoms with Crippen molar-refractivity contribution in [1.82, 2.24) is 0 Å². The van der Waals surface area contributed by atoms with Gasteiger partial charge in [-0.15, -0.1) is 11.3 Å². The van der Waals surface area contributed by atoms with Gasteiger partial charge in [-0.1, -0.05) is 6.07 Å². The van der Waals surface area contributed by atoms with Gasteiger partial charge in [-0.3, -0.25) is 0 Å². The standard InChI is InChI=1S/C13H15BO4S/c1-9-3-4-12(13(5-9)17-2)18-7-11-6-10(8-19-11)14(15)16/h3-6,8,15-16H,7H2,1-2H3. The highest BCUT2D eigenvalue weighted by Crippen LogP contribution is 2.28. The van der Waals surface area contributed by atoms with Crippen LogP contribution in [0.2, 0.25) is 0 Å². The lowest BCUT2D eigenvalue weighted by atomic mass is 9.83. The van der Waals surface area contributed by atoms with Gasteiger partial charge in [0, 0.05) is 4.88 Å². The Morgan fingerprint density at radius 2 is 2.00 bits per heavy atom. The Morgan fingerprint density at radius 1 is 1.21 bits per heavy atom. The first-order valence-electron chi connectivity index (χ1n) is 5.81. The fourth-order valence-electron chi connectivity index (χ4n) is 1.65. The van der Waals surface area contributed by atoms with Crippen molar-refractivity contribution in [2.24, 2.45) is 0 Å². The van der Waals surface area contributed by atoms with E-state index in [-0.39, 0.29) is 0 Å². The molecule has 1 aromatic heterocycles. The first kappa shape index (κ1) is 13.9. The fourth-order valence-corrected chi connectivity index (χ4v) is 2.46. The third-order valence-electron chi connectivity index (χ3n) is 2.66. The third-order valence-corrected chi connectivity index (χ3v) is 3.59. The predicted molar refractivity (Wildman–Crippen MR) is 76.2 cm³/mol. The van der Waals surface area contributed by atoms with Crippen LogP contribution in [-0.2, 0) is 6.61 Å². The molecule has 0 amide bonds. The molecule has 4 nitrogen and oxygen atoms in total. The molecule has 0 aliphatic rings. The molecule has 0 atom stereocenters. The molecule has 2 rings (SSSR count). The molecule has 0 saturated heterocycles. The van der Waals surface area contributed by atoms with Crippen LogP contribution in [0.25, 0.3) is 0 Å². The van der Waals surface area contributed by atoms with E-state index in [2.05, 4.69) is 0 Å². The number of aryl methyl sites for hydroxylation is 1. The van der Waals surface area contributed by atoms with Crippen LogP contribution in [0.3, 0.4) is 0 Å². The summed E-state index contributed by atoms with van der Waals surface area (Å²) in [5.74, 6) is 1.37. The van der Waals surface area contributed by atoms with E-state index >= 15 is 0 Å². The van der Waals surface area contributed by atoms with Crippen LogP contribution in [0.15, 0.2) is 29.6 Å². The smallest absolute Gasteiger partial charge is 0.489 e. The van der Waals surface area contributed by atoms with Crippen molar-refractivity contribution in [3.8, 4) is 11.5 Å². The Morgan fingerprint density at radius 3 is 2.63 bits per heavy atom. The second kappa shape index (κ2) is 6.10. The molecule has 2 aromatic rings. The third kappa shape index (κ3) is 3.50. The van der Waals surface area contributed by atoms with Gasteiger partial charge in [0.25, 0.3) is 0 Å². The van der Waals surface area contributed by atoms with Crippen molar-refractivity contribution in [3.63, 3.8) is 0 Å². The van der Waals surface area contributed by atoms with Crippen LogP contribution in [-0.4, -0.2) is 24.3 Å². The van der Waals surface area contributed by atoms with Crippen LogP contribution < -0.4 is 14.9 Å². The highest BCUT2D eigenvalue weighted by molar-refractivity contribution is 7.11. The van der Waals surface area contributed by atoms with Gasteiger partial charge in [-0.2, -0.15) is 0 Å². The minimum absolute atomic E-state index is 0.372. The highest BCUT2D eigenvalue weighted by atomic mass is 32.1. The maximum absolute atomic E-state index is 9.04. The van der Waals surface area contributed by atoms with Crippen molar-refractivity contribution in [2.45, 2.75) is 13.5 Å². The number of hydrogen-bond acceptors (Lipinski definition) is 5. The molecule has 19 heavy (non-hydrogen) atoms. The normalized spacial score (nSPS) is 10.3. The highest BCUT2D eigenvalue weighted by Gasteiger charge is 2.13. The summed E-state index contributed by atoms with van der Waals surface area (Å²) in [6.45, 7) is 2.36. The molecule has 0 bridgehead atoms. The summed E-state index contributed by atoms with van der Waals surface area (Å²) in [5.41, 5.74) is 1.59. The first-order chi connectivity index (χ1) is 9.10. The lowest BCUT2D eigenvalue weighted by Gasteiger charge is -2.10. The number of rotatable bonds is 5. The molecule has 0 spiro atoms. The maximum atomic E-state index is 9.04.